The highest BCUT2D eigenvalue weighted by Crippen LogP contribution is 2.22. The van der Waals surface area contributed by atoms with Crippen molar-refractivity contribution in [3.63, 3.8) is 0 Å². The van der Waals surface area contributed by atoms with E-state index in [1.807, 2.05) is 13.8 Å². The SMILES string of the molecule is CCC(C)(O)CN1CCCC(CC(=O)O)C1. The van der Waals surface area contributed by atoms with Crippen molar-refractivity contribution >= 4 is 5.97 Å². The Morgan fingerprint density at radius 1 is 1.56 bits per heavy atom. The lowest BCUT2D eigenvalue weighted by atomic mass is 9.93. The lowest BCUT2D eigenvalue weighted by molar-refractivity contribution is -0.138. The van der Waals surface area contributed by atoms with Crippen LogP contribution < -0.4 is 0 Å². The number of carboxylic acids is 1. The molecule has 94 valence electrons. The highest BCUT2D eigenvalue weighted by atomic mass is 16.4. The van der Waals surface area contributed by atoms with Gasteiger partial charge >= 0.3 is 5.97 Å². The van der Waals surface area contributed by atoms with E-state index in [0.29, 0.717) is 6.54 Å². The zero-order valence-electron chi connectivity index (χ0n) is 10.3. The quantitative estimate of drug-likeness (QED) is 0.746. The third-order valence-electron chi connectivity index (χ3n) is 3.39. The summed E-state index contributed by atoms with van der Waals surface area (Å²) in [7, 11) is 0. The first-order valence-electron chi connectivity index (χ1n) is 6.09. The fraction of sp³-hybridized carbons (Fsp3) is 0.917. The van der Waals surface area contributed by atoms with Crippen LogP contribution in [0.2, 0.25) is 0 Å². The fourth-order valence-electron chi connectivity index (χ4n) is 2.30. The summed E-state index contributed by atoms with van der Waals surface area (Å²) < 4.78 is 0. The number of carboxylic acid groups (broad SMARTS) is 1. The van der Waals surface area contributed by atoms with Gasteiger partial charge in [-0.15, -0.1) is 0 Å². The lowest BCUT2D eigenvalue weighted by Gasteiger charge is -2.36. The Kier molecular flexibility index (Phi) is 4.74. The van der Waals surface area contributed by atoms with Crippen molar-refractivity contribution < 1.29 is 15.0 Å². The average Bonchev–Trinajstić information content (AvgIpc) is 2.16. The Balaban J connectivity index is 2.41. The molecule has 0 aromatic heterocycles. The first-order valence-corrected chi connectivity index (χ1v) is 6.09. The standard InChI is InChI=1S/C12H23NO3/c1-3-12(2,16)9-13-6-4-5-10(8-13)7-11(14)15/h10,16H,3-9H2,1-2H3,(H,14,15). The number of rotatable bonds is 5. The molecule has 1 aliphatic heterocycles. The highest BCUT2D eigenvalue weighted by molar-refractivity contribution is 5.67. The number of hydrogen-bond donors (Lipinski definition) is 2. The van der Waals surface area contributed by atoms with Crippen LogP contribution in [0.15, 0.2) is 0 Å². The van der Waals surface area contributed by atoms with E-state index in [1.54, 1.807) is 0 Å². The molecule has 0 aliphatic carbocycles. The van der Waals surface area contributed by atoms with E-state index in [2.05, 4.69) is 4.90 Å². The first kappa shape index (κ1) is 13.5. The Hall–Kier alpha value is -0.610. The van der Waals surface area contributed by atoms with Gasteiger partial charge in [-0.3, -0.25) is 4.79 Å². The van der Waals surface area contributed by atoms with Crippen molar-refractivity contribution in [1.82, 2.24) is 4.90 Å². The Bertz CT molecular complexity index is 240. The highest BCUT2D eigenvalue weighted by Gasteiger charge is 2.27. The lowest BCUT2D eigenvalue weighted by Crippen LogP contribution is -2.45. The van der Waals surface area contributed by atoms with Crippen LogP contribution in [-0.2, 0) is 4.79 Å². The van der Waals surface area contributed by atoms with Gasteiger partial charge in [0.05, 0.1) is 5.60 Å². The normalized spacial score (nSPS) is 26.3. The molecule has 0 radical (unpaired) electrons. The van der Waals surface area contributed by atoms with Crippen LogP contribution in [0, 0.1) is 5.92 Å². The summed E-state index contributed by atoms with van der Waals surface area (Å²) in [6.07, 6.45) is 3.02. The molecule has 0 bridgehead atoms. The molecule has 4 nitrogen and oxygen atoms in total. The number of aliphatic carboxylic acids is 1. The van der Waals surface area contributed by atoms with Crippen LogP contribution in [-0.4, -0.2) is 46.3 Å². The number of hydrogen-bond acceptors (Lipinski definition) is 3. The van der Waals surface area contributed by atoms with Crippen molar-refractivity contribution in [2.75, 3.05) is 19.6 Å². The summed E-state index contributed by atoms with van der Waals surface area (Å²) in [6.45, 7) is 6.25. The minimum absolute atomic E-state index is 0.249. The van der Waals surface area contributed by atoms with Crippen LogP contribution in [0.25, 0.3) is 0 Å². The summed E-state index contributed by atoms with van der Waals surface area (Å²) in [5, 5.41) is 18.7. The molecule has 16 heavy (non-hydrogen) atoms. The van der Waals surface area contributed by atoms with E-state index in [-0.39, 0.29) is 12.3 Å². The van der Waals surface area contributed by atoms with Crippen LogP contribution >= 0.6 is 0 Å². The van der Waals surface area contributed by atoms with Gasteiger partial charge < -0.3 is 15.1 Å². The molecular formula is C12H23NO3. The molecular weight excluding hydrogens is 206 g/mol. The van der Waals surface area contributed by atoms with Crippen molar-refractivity contribution in [2.45, 2.75) is 45.1 Å². The summed E-state index contributed by atoms with van der Waals surface area (Å²) in [5.74, 6) is -0.465. The zero-order chi connectivity index (χ0) is 12.2. The molecule has 1 heterocycles. The number of piperidine rings is 1. The van der Waals surface area contributed by atoms with Crippen LogP contribution in [0.5, 0.6) is 0 Å². The molecule has 0 amide bonds. The number of carbonyl (C=O) groups is 1. The van der Waals surface area contributed by atoms with Crippen molar-refractivity contribution in [2.24, 2.45) is 5.92 Å². The van der Waals surface area contributed by atoms with Crippen molar-refractivity contribution in [3.8, 4) is 0 Å². The van der Waals surface area contributed by atoms with Gasteiger partial charge in [0.15, 0.2) is 0 Å². The van der Waals surface area contributed by atoms with Gasteiger partial charge in [0.25, 0.3) is 0 Å². The molecule has 0 saturated carbocycles. The second-order valence-corrected chi connectivity index (χ2v) is 5.19. The Labute approximate surface area is 97.3 Å². The first-order chi connectivity index (χ1) is 7.43. The molecule has 1 rings (SSSR count). The van der Waals surface area contributed by atoms with Gasteiger partial charge in [0, 0.05) is 19.5 Å². The topological polar surface area (TPSA) is 60.8 Å². The van der Waals surface area contributed by atoms with Gasteiger partial charge in [-0.25, -0.2) is 0 Å². The van der Waals surface area contributed by atoms with E-state index in [1.165, 1.54) is 0 Å². The average molecular weight is 229 g/mol. The number of likely N-dealkylation sites (tertiary alicyclic amines) is 1. The van der Waals surface area contributed by atoms with E-state index in [4.69, 9.17) is 5.11 Å². The molecule has 4 heteroatoms. The largest absolute Gasteiger partial charge is 0.481 e. The predicted molar refractivity (Wildman–Crippen MR) is 62.3 cm³/mol. The molecule has 0 aromatic rings. The third-order valence-corrected chi connectivity index (χ3v) is 3.39. The molecule has 0 aromatic carbocycles. The van der Waals surface area contributed by atoms with Gasteiger partial charge in [-0.1, -0.05) is 6.92 Å². The number of nitrogens with zero attached hydrogens (tertiary/aromatic N) is 1. The fourth-order valence-corrected chi connectivity index (χ4v) is 2.30. The number of aliphatic hydroxyl groups is 1. The molecule has 1 saturated heterocycles. The molecule has 2 atom stereocenters. The van der Waals surface area contributed by atoms with Crippen LogP contribution in [0.4, 0.5) is 0 Å². The van der Waals surface area contributed by atoms with Crippen LogP contribution in [0.3, 0.4) is 0 Å². The third kappa shape index (κ3) is 4.49. The molecule has 2 N–H and O–H groups in total. The second-order valence-electron chi connectivity index (χ2n) is 5.19. The predicted octanol–water partition coefficient (Wildman–Crippen LogP) is 1.33. The van der Waals surface area contributed by atoms with Crippen LogP contribution in [0.1, 0.15) is 39.5 Å². The summed E-state index contributed by atoms with van der Waals surface area (Å²) in [5.41, 5.74) is -0.648. The summed E-state index contributed by atoms with van der Waals surface area (Å²) >= 11 is 0. The van der Waals surface area contributed by atoms with Crippen molar-refractivity contribution in [3.05, 3.63) is 0 Å². The van der Waals surface area contributed by atoms with Gasteiger partial charge in [-0.2, -0.15) is 0 Å². The zero-order valence-corrected chi connectivity index (χ0v) is 10.3. The second kappa shape index (κ2) is 5.64. The maximum Gasteiger partial charge on any atom is 0.303 e. The molecule has 1 aliphatic rings. The minimum Gasteiger partial charge on any atom is -0.481 e. The van der Waals surface area contributed by atoms with Gasteiger partial charge in [-0.05, 0) is 38.6 Å². The monoisotopic (exact) mass is 229 g/mol. The van der Waals surface area contributed by atoms with Crippen molar-refractivity contribution in [1.29, 1.82) is 0 Å². The molecule has 2 unspecified atom stereocenters. The van der Waals surface area contributed by atoms with E-state index in [0.717, 1.165) is 32.4 Å². The number of β-amino-alcohol motifs (C(OH)–C–C–N with tert-alkyl or cyclic N) is 1. The van der Waals surface area contributed by atoms with Gasteiger partial charge in [0.2, 0.25) is 0 Å². The maximum absolute atomic E-state index is 10.6. The Morgan fingerprint density at radius 2 is 2.25 bits per heavy atom. The molecule has 0 spiro atoms. The summed E-state index contributed by atoms with van der Waals surface area (Å²) in [6, 6.07) is 0. The maximum atomic E-state index is 10.6. The van der Waals surface area contributed by atoms with Gasteiger partial charge in [0.1, 0.15) is 0 Å². The van der Waals surface area contributed by atoms with E-state index in [9.17, 15) is 9.90 Å². The molecule has 1 fully saturated rings. The summed E-state index contributed by atoms with van der Waals surface area (Å²) in [4.78, 5) is 12.8. The minimum atomic E-state index is -0.714. The van der Waals surface area contributed by atoms with E-state index < -0.39 is 11.6 Å². The Morgan fingerprint density at radius 3 is 2.81 bits per heavy atom. The van der Waals surface area contributed by atoms with E-state index >= 15 is 0 Å². The smallest absolute Gasteiger partial charge is 0.303 e.